The monoisotopic (exact) mass is 320 g/mol. The Morgan fingerprint density at radius 3 is 2.00 bits per heavy atom. The highest BCUT2D eigenvalue weighted by molar-refractivity contribution is 5.88. The van der Waals surface area contributed by atoms with E-state index in [2.05, 4.69) is 4.74 Å². The molecule has 3 N–H and O–H groups in total. The third kappa shape index (κ3) is 8.58. The lowest BCUT2D eigenvalue weighted by atomic mass is 9.96. The summed E-state index contributed by atoms with van der Waals surface area (Å²) in [5.41, 5.74) is -2.53. The molecule has 0 bridgehead atoms. The second kappa shape index (κ2) is 11.0. The molecule has 0 fully saturated rings. The molecule has 0 aliphatic heterocycles. The number of carbonyl (C=O) groups is 3. The topological polar surface area (TPSA) is 130 Å². The zero-order chi connectivity index (χ0) is 17.0. The van der Waals surface area contributed by atoms with Crippen LogP contribution < -0.4 is 0 Å². The molecule has 0 aromatic carbocycles. The molecule has 1 unspecified atom stereocenters. The van der Waals surface area contributed by atoms with Crippen molar-refractivity contribution in [1.29, 1.82) is 0 Å². The summed E-state index contributed by atoms with van der Waals surface area (Å²) >= 11 is 0. The summed E-state index contributed by atoms with van der Waals surface area (Å²) in [4.78, 5) is 33.9. The Bertz CT molecular complexity index is 368. The minimum atomic E-state index is -2.53. The number of esters is 2. The predicted molar refractivity (Wildman–Crippen MR) is 75.0 cm³/mol. The zero-order valence-electron chi connectivity index (χ0n) is 12.7. The molecule has 0 saturated heterocycles. The van der Waals surface area contributed by atoms with Gasteiger partial charge in [-0.15, -0.1) is 0 Å². The van der Waals surface area contributed by atoms with Gasteiger partial charge < -0.3 is 24.8 Å². The van der Waals surface area contributed by atoms with E-state index in [1.807, 2.05) is 0 Å². The van der Waals surface area contributed by atoms with Crippen molar-refractivity contribution in [2.45, 2.75) is 51.0 Å². The number of hydrogen-bond donors (Lipinski definition) is 3. The van der Waals surface area contributed by atoms with Crippen LogP contribution in [0.3, 0.4) is 0 Å². The minimum absolute atomic E-state index is 0.0484. The van der Waals surface area contributed by atoms with E-state index in [1.165, 1.54) is 0 Å². The van der Waals surface area contributed by atoms with E-state index in [4.69, 9.17) is 14.9 Å². The third-order valence-electron chi connectivity index (χ3n) is 2.89. The summed E-state index contributed by atoms with van der Waals surface area (Å²) in [5, 5.41) is 27.5. The molecule has 0 aliphatic carbocycles. The van der Waals surface area contributed by atoms with Gasteiger partial charge in [0.05, 0.1) is 26.1 Å². The molecule has 8 heteroatoms. The van der Waals surface area contributed by atoms with E-state index in [0.717, 1.165) is 12.8 Å². The Morgan fingerprint density at radius 1 is 0.955 bits per heavy atom. The van der Waals surface area contributed by atoms with Crippen molar-refractivity contribution in [2.75, 3.05) is 19.8 Å². The number of ether oxygens (including phenoxy) is 2. The second-order valence-electron chi connectivity index (χ2n) is 4.85. The van der Waals surface area contributed by atoms with Crippen molar-refractivity contribution in [2.24, 2.45) is 0 Å². The second-order valence-corrected chi connectivity index (χ2v) is 4.85. The molecule has 0 rings (SSSR count). The molecule has 0 heterocycles. The zero-order valence-corrected chi connectivity index (χ0v) is 12.7. The Morgan fingerprint density at radius 2 is 1.50 bits per heavy atom. The van der Waals surface area contributed by atoms with E-state index in [9.17, 15) is 19.5 Å². The van der Waals surface area contributed by atoms with Gasteiger partial charge in [-0.3, -0.25) is 9.59 Å². The molecule has 128 valence electrons. The van der Waals surface area contributed by atoms with E-state index < -0.39 is 36.4 Å². The molecule has 0 aromatic heterocycles. The maximum atomic E-state index is 11.6. The number of rotatable bonds is 12. The molecule has 0 spiro atoms. The first-order valence-corrected chi connectivity index (χ1v) is 7.23. The first-order chi connectivity index (χ1) is 10.4. The van der Waals surface area contributed by atoms with Crippen molar-refractivity contribution in [1.82, 2.24) is 0 Å². The fraction of sp³-hybridized carbons (Fsp3) is 0.786. The molecule has 0 aliphatic rings. The lowest BCUT2D eigenvalue weighted by molar-refractivity contribution is -0.173. The van der Waals surface area contributed by atoms with Crippen molar-refractivity contribution >= 4 is 17.9 Å². The number of hydrogen-bond acceptors (Lipinski definition) is 7. The van der Waals surface area contributed by atoms with Crippen molar-refractivity contribution in [3.05, 3.63) is 0 Å². The minimum Gasteiger partial charge on any atom is -0.479 e. The molecule has 0 aromatic rings. The Kier molecular flexibility index (Phi) is 10.1. The van der Waals surface area contributed by atoms with Crippen molar-refractivity contribution in [3.63, 3.8) is 0 Å². The largest absolute Gasteiger partial charge is 0.479 e. The van der Waals surface area contributed by atoms with Crippen molar-refractivity contribution < 1.29 is 39.2 Å². The fourth-order valence-corrected chi connectivity index (χ4v) is 1.71. The maximum Gasteiger partial charge on any atom is 0.336 e. The first kappa shape index (κ1) is 20.3. The summed E-state index contributed by atoms with van der Waals surface area (Å²) in [5.74, 6) is -3.47. The van der Waals surface area contributed by atoms with Crippen LogP contribution in [0, 0.1) is 0 Å². The van der Waals surface area contributed by atoms with Gasteiger partial charge in [0.15, 0.2) is 5.60 Å². The summed E-state index contributed by atoms with van der Waals surface area (Å²) in [6.07, 6.45) is 1.18. The van der Waals surface area contributed by atoms with Crippen LogP contribution in [0.5, 0.6) is 0 Å². The average molecular weight is 320 g/mol. The van der Waals surface area contributed by atoms with Gasteiger partial charge in [0.2, 0.25) is 0 Å². The van der Waals surface area contributed by atoms with Gasteiger partial charge in [-0.25, -0.2) is 4.79 Å². The Hall–Kier alpha value is -1.67. The van der Waals surface area contributed by atoms with E-state index >= 15 is 0 Å². The lowest BCUT2D eigenvalue weighted by Gasteiger charge is -2.21. The van der Waals surface area contributed by atoms with Gasteiger partial charge in [-0.05, 0) is 26.2 Å². The highest BCUT2D eigenvalue weighted by Crippen LogP contribution is 2.18. The lowest BCUT2D eigenvalue weighted by Crippen LogP contribution is -2.43. The van der Waals surface area contributed by atoms with E-state index in [0.29, 0.717) is 12.8 Å². The smallest absolute Gasteiger partial charge is 0.336 e. The average Bonchev–Trinajstić information content (AvgIpc) is 2.42. The Labute approximate surface area is 129 Å². The molecule has 1 atom stereocenters. The van der Waals surface area contributed by atoms with E-state index in [-0.39, 0.29) is 19.8 Å². The predicted octanol–water partition coefficient (Wildman–Crippen LogP) is 0.241. The van der Waals surface area contributed by atoms with Gasteiger partial charge >= 0.3 is 17.9 Å². The van der Waals surface area contributed by atoms with Crippen LogP contribution in [-0.4, -0.2) is 58.6 Å². The van der Waals surface area contributed by atoms with Crippen LogP contribution in [0.4, 0.5) is 0 Å². The number of aliphatic hydroxyl groups is 2. The molecular formula is C14H24O8. The fourth-order valence-electron chi connectivity index (χ4n) is 1.71. The third-order valence-corrected chi connectivity index (χ3v) is 2.89. The molecule has 8 nitrogen and oxygen atoms in total. The highest BCUT2D eigenvalue weighted by atomic mass is 16.5. The molecule has 0 radical (unpaired) electrons. The van der Waals surface area contributed by atoms with Gasteiger partial charge in [-0.2, -0.15) is 0 Å². The molecule has 22 heavy (non-hydrogen) atoms. The van der Waals surface area contributed by atoms with Crippen LogP contribution in [0.1, 0.15) is 45.4 Å². The van der Waals surface area contributed by atoms with Gasteiger partial charge in [-0.1, -0.05) is 6.42 Å². The number of carboxylic acids is 1. The number of carboxylic acid groups (broad SMARTS) is 1. The summed E-state index contributed by atoms with van der Waals surface area (Å²) in [7, 11) is 0. The molecular weight excluding hydrogens is 296 g/mol. The molecule has 0 saturated carbocycles. The summed E-state index contributed by atoms with van der Waals surface area (Å²) in [6, 6.07) is 0. The van der Waals surface area contributed by atoms with E-state index in [1.54, 1.807) is 6.92 Å². The molecule has 0 amide bonds. The number of unbranched alkanes of at least 4 members (excludes halogenated alkanes) is 3. The number of aliphatic carboxylic acids is 1. The van der Waals surface area contributed by atoms with Crippen LogP contribution >= 0.6 is 0 Å². The summed E-state index contributed by atoms with van der Waals surface area (Å²) in [6.45, 7) is 1.80. The van der Waals surface area contributed by atoms with Crippen LogP contribution in [0.2, 0.25) is 0 Å². The van der Waals surface area contributed by atoms with Crippen LogP contribution in [0.15, 0.2) is 0 Å². The Balaban J connectivity index is 4.23. The van der Waals surface area contributed by atoms with Crippen molar-refractivity contribution in [3.8, 4) is 0 Å². The van der Waals surface area contributed by atoms with Gasteiger partial charge in [0.1, 0.15) is 0 Å². The normalized spacial score (nSPS) is 13.2. The summed E-state index contributed by atoms with van der Waals surface area (Å²) < 4.78 is 9.40. The SMILES string of the molecule is CCOC(=O)CC(O)(CC(=O)OCCCCCCO)C(=O)O. The highest BCUT2D eigenvalue weighted by Gasteiger charge is 2.41. The number of carbonyl (C=O) groups excluding carboxylic acids is 2. The first-order valence-electron chi connectivity index (χ1n) is 7.23. The standard InChI is InChI=1S/C14H24O8/c1-2-21-11(16)9-14(20,13(18)19)10-12(17)22-8-6-4-3-5-7-15/h15,20H,2-10H2,1H3,(H,18,19). The van der Waals surface area contributed by atoms with Crippen LogP contribution in [-0.2, 0) is 23.9 Å². The maximum absolute atomic E-state index is 11.6. The van der Waals surface area contributed by atoms with Gasteiger partial charge in [0, 0.05) is 6.61 Å². The van der Waals surface area contributed by atoms with Gasteiger partial charge in [0.25, 0.3) is 0 Å². The number of aliphatic hydroxyl groups excluding tert-OH is 1. The van der Waals surface area contributed by atoms with Crippen LogP contribution in [0.25, 0.3) is 0 Å². The quantitative estimate of drug-likeness (QED) is 0.344.